The summed E-state index contributed by atoms with van der Waals surface area (Å²) in [6.45, 7) is 1.96. The van der Waals surface area contributed by atoms with E-state index < -0.39 is 0 Å². The molecule has 8 nitrogen and oxygen atoms in total. The molecule has 0 spiro atoms. The number of nitrogens with zero attached hydrogens (tertiary/aromatic N) is 5. The molecule has 1 aliphatic rings. The molecule has 0 saturated carbocycles. The van der Waals surface area contributed by atoms with Gasteiger partial charge >= 0.3 is 6.03 Å². The zero-order valence-corrected chi connectivity index (χ0v) is 16.1. The van der Waals surface area contributed by atoms with Gasteiger partial charge in [-0.3, -0.25) is 0 Å². The van der Waals surface area contributed by atoms with Crippen molar-refractivity contribution in [2.45, 2.75) is 25.4 Å². The van der Waals surface area contributed by atoms with Crippen molar-refractivity contribution >= 4 is 23.3 Å². The molecule has 2 N–H and O–H groups in total. The van der Waals surface area contributed by atoms with Crippen LogP contribution in [0.5, 0.6) is 0 Å². The second-order valence-corrected chi connectivity index (χ2v) is 7.59. The van der Waals surface area contributed by atoms with Crippen LogP contribution in [0.3, 0.4) is 0 Å². The molecule has 28 heavy (non-hydrogen) atoms. The van der Waals surface area contributed by atoms with Gasteiger partial charge in [0.25, 0.3) is 0 Å². The van der Waals surface area contributed by atoms with E-state index in [4.69, 9.17) is 0 Å². The molecule has 0 bridgehead atoms. The van der Waals surface area contributed by atoms with Crippen LogP contribution < -0.4 is 15.5 Å². The highest BCUT2D eigenvalue weighted by Crippen LogP contribution is 2.22. The molecule has 9 heteroatoms. The van der Waals surface area contributed by atoms with Gasteiger partial charge < -0.3 is 15.5 Å². The summed E-state index contributed by atoms with van der Waals surface area (Å²) >= 11 is 1.48. The number of carbonyl (C=O) groups excluding carboxylic acids is 1. The minimum absolute atomic E-state index is 0.0619. The molecule has 1 fully saturated rings. The van der Waals surface area contributed by atoms with Gasteiger partial charge in [0.1, 0.15) is 10.0 Å². The predicted molar refractivity (Wildman–Crippen MR) is 108 cm³/mol. The Morgan fingerprint density at radius 3 is 2.79 bits per heavy atom. The summed E-state index contributed by atoms with van der Waals surface area (Å²) in [6.07, 6.45) is 5.39. The number of amides is 2. The lowest BCUT2D eigenvalue weighted by Crippen LogP contribution is -2.50. The highest BCUT2D eigenvalue weighted by atomic mass is 32.1. The average molecular weight is 395 g/mol. The van der Waals surface area contributed by atoms with Crippen molar-refractivity contribution in [3.63, 3.8) is 0 Å². The Balaban J connectivity index is 1.27. The van der Waals surface area contributed by atoms with E-state index in [0.29, 0.717) is 19.0 Å². The summed E-state index contributed by atoms with van der Waals surface area (Å²) in [5.74, 6) is 0.705. The van der Waals surface area contributed by atoms with Crippen LogP contribution in [-0.2, 0) is 6.54 Å². The molecule has 0 unspecified atom stereocenters. The van der Waals surface area contributed by atoms with Crippen molar-refractivity contribution in [1.82, 2.24) is 30.8 Å². The van der Waals surface area contributed by atoms with Gasteiger partial charge in [-0.15, -0.1) is 10.2 Å². The fraction of sp³-hybridized carbons (Fsp3) is 0.316. The predicted octanol–water partition coefficient (Wildman–Crippen LogP) is 2.46. The lowest BCUT2D eigenvalue weighted by Gasteiger charge is -2.33. The van der Waals surface area contributed by atoms with Gasteiger partial charge in [-0.25, -0.2) is 14.8 Å². The number of aromatic nitrogens is 4. The standard InChI is InChI=1S/C19H21N7OS/c27-19(22-12-16-24-25-17(28-16)14-6-2-1-3-7-14)23-15-8-4-11-26(13-15)18-20-9-5-10-21-18/h1-3,5-7,9-10,15H,4,8,11-13H2,(H2,22,23,27)/t15-/m0/s1. The number of nitrogens with one attached hydrogen (secondary N) is 2. The highest BCUT2D eigenvalue weighted by molar-refractivity contribution is 7.14. The monoisotopic (exact) mass is 395 g/mol. The normalized spacial score (nSPS) is 16.6. The number of hydrogen-bond acceptors (Lipinski definition) is 7. The Morgan fingerprint density at radius 1 is 1.14 bits per heavy atom. The minimum Gasteiger partial charge on any atom is -0.339 e. The van der Waals surface area contributed by atoms with Crippen LogP contribution >= 0.6 is 11.3 Å². The first-order valence-electron chi connectivity index (χ1n) is 9.22. The largest absolute Gasteiger partial charge is 0.339 e. The zero-order chi connectivity index (χ0) is 19.2. The SMILES string of the molecule is O=C(NCc1nnc(-c2ccccc2)s1)N[C@H]1CCCN(c2ncccn2)C1. The summed E-state index contributed by atoms with van der Waals surface area (Å²) in [5, 5.41) is 15.9. The van der Waals surface area contributed by atoms with Crippen LogP contribution in [0.4, 0.5) is 10.7 Å². The maximum absolute atomic E-state index is 12.3. The summed E-state index contributed by atoms with van der Waals surface area (Å²) in [7, 11) is 0. The van der Waals surface area contributed by atoms with Crippen molar-refractivity contribution in [3.8, 4) is 10.6 Å². The van der Waals surface area contributed by atoms with Crippen LogP contribution in [-0.4, -0.2) is 45.3 Å². The van der Waals surface area contributed by atoms with E-state index in [9.17, 15) is 4.79 Å². The molecule has 1 saturated heterocycles. The van der Waals surface area contributed by atoms with Gasteiger partial charge in [-0.05, 0) is 18.9 Å². The molecule has 0 aliphatic carbocycles. The second-order valence-electron chi connectivity index (χ2n) is 6.53. The van der Waals surface area contributed by atoms with E-state index >= 15 is 0 Å². The fourth-order valence-electron chi connectivity index (χ4n) is 3.15. The quantitative estimate of drug-likeness (QED) is 0.689. The van der Waals surface area contributed by atoms with Crippen LogP contribution in [0.1, 0.15) is 17.8 Å². The molecule has 3 heterocycles. The van der Waals surface area contributed by atoms with Crippen LogP contribution in [0.2, 0.25) is 0 Å². The van der Waals surface area contributed by atoms with Crippen LogP contribution in [0, 0.1) is 0 Å². The lowest BCUT2D eigenvalue weighted by atomic mass is 10.1. The Kier molecular flexibility index (Phi) is 5.72. The van der Waals surface area contributed by atoms with Gasteiger partial charge in [0.05, 0.1) is 6.54 Å². The average Bonchev–Trinajstić information content (AvgIpc) is 3.23. The smallest absolute Gasteiger partial charge is 0.315 e. The second kappa shape index (κ2) is 8.75. The molecule has 1 atom stereocenters. The third-order valence-electron chi connectivity index (χ3n) is 4.48. The highest BCUT2D eigenvalue weighted by Gasteiger charge is 2.23. The summed E-state index contributed by atoms with van der Waals surface area (Å²) in [4.78, 5) is 23.0. The first-order chi connectivity index (χ1) is 13.8. The molecule has 4 rings (SSSR count). The summed E-state index contributed by atoms with van der Waals surface area (Å²) < 4.78 is 0. The van der Waals surface area contributed by atoms with E-state index in [-0.39, 0.29) is 12.1 Å². The molecular formula is C19H21N7OS. The summed E-state index contributed by atoms with van der Waals surface area (Å²) in [5.41, 5.74) is 1.03. The van der Waals surface area contributed by atoms with Gasteiger partial charge in [0.2, 0.25) is 5.95 Å². The molecule has 2 aromatic heterocycles. The number of carbonyl (C=O) groups is 1. The van der Waals surface area contributed by atoms with E-state index in [0.717, 1.165) is 35.0 Å². The molecule has 1 aliphatic heterocycles. The van der Waals surface area contributed by atoms with Crippen LogP contribution in [0.25, 0.3) is 10.6 Å². The zero-order valence-electron chi connectivity index (χ0n) is 15.3. The van der Waals surface area contributed by atoms with Gasteiger partial charge in [0, 0.05) is 37.1 Å². The van der Waals surface area contributed by atoms with Crippen molar-refractivity contribution < 1.29 is 4.79 Å². The molecule has 0 radical (unpaired) electrons. The topological polar surface area (TPSA) is 95.9 Å². The molecule has 2 amide bonds. The summed E-state index contributed by atoms with van der Waals surface area (Å²) in [6, 6.07) is 11.6. The van der Waals surface area contributed by atoms with Gasteiger partial charge in [0.15, 0.2) is 0 Å². The third kappa shape index (κ3) is 4.61. The third-order valence-corrected chi connectivity index (χ3v) is 5.45. The molecule has 144 valence electrons. The number of urea groups is 1. The van der Waals surface area contributed by atoms with Crippen molar-refractivity contribution in [2.24, 2.45) is 0 Å². The maximum Gasteiger partial charge on any atom is 0.315 e. The van der Waals surface area contributed by atoms with Gasteiger partial charge in [-0.2, -0.15) is 0 Å². The Morgan fingerprint density at radius 2 is 1.96 bits per heavy atom. The Bertz CT molecular complexity index is 903. The number of hydrogen-bond donors (Lipinski definition) is 2. The minimum atomic E-state index is -0.197. The number of rotatable bonds is 5. The Hall–Kier alpha value is -3.07. The molecular weight excluding hydrogens is 374 g/mol. The number of benzene rings is 1. The number of anilines is 1. The van der Waals surface area contributed by atoms with E-state index in [1.165, 1.54) is 11.3 Å². The van der Waals surface area contributed by atoms with E-state index in [1.54, 1.807) is 18.5 Å². The van der Waals surface area contributed by atoms with Gasteiger partial charge in [-0.1, -0.05) is 41.7 Å². The van der Waals surface area contributed by atoms with Crippen molar-refractivity contribution in [2.75, 3.05) is 18.0 Å². The maximum atomic E-state index is 12.3. The van der Waals surface area contributed by atoms with Crippen molar-refractivity contribution in [1.29, 1.82) is 0 Å². The number of piperidine rings is 1. The molecule has 3 aromatic rings. The Labute approximate surface area is 167 Å². The first-order valence-corrected chi connectivity index (χ1v) is 10.0. The van der Waals surface area contributed by atoms with Crippen molar-refractivity contribution in [3.05, 3.63) is 53.8 Å². The first kappa shape index (κ1) is 18.3. The van der Waals surface area contributed by atoms with E-state index in [1.807, 2.05) is 30.3 Å². The lowest BCUT2D eigenvalue weighted by molar-refractivity contribution is 0.234. The van der Waals surface area contributed by atoms with Crippen LogP contribution in [0.15, 0.2) is 48.8 Å². The molecule has 1 aromatic carbocycles. The fourth-order valence-corrected chi connectivity index (χ4v) is 3.93. The van der Waals surface area contributed by atoms with E-state index in [2.05, 4.69) is 35.7 Å².